The first kappa shape index (κ1) is 20.4. The van der Waals surface area contributed by atoms with Gasteiger partial charge in [-0.1, -0.05) is 12.1 Å². The summed E-state index contributed by atoms with van der Waals surface area (Å²) in [5, 5.41) is 5.86. The highest BCUT2D eigenvalue weighted by atomic mass is 16.5. The maximum Gasteiger partial charge on any atom is 0.287 e. The molecule has 1 atom stereocenters. The fraction of sp³-hybridized carbons (Fsp3) is 0.476. The number of fused-ring (bicyclic) bond motifs is 1. The van der Waals surface area contributed by atoms with E-state index in [0.29, 0.717) is 13.1 Å². The van der Waals surface area contributed by atoms with Crippen LogP contribution in [0, 0.1) is 0 Å². The van der Waals surface area contributed by atoms with Gasteiger partial charge in [-0.2, -0.15) is 0 Å². The molecule has 160 valence electrons. The number of methoxy groups -OCH3 is 1. The number of carbonyl (C=O) groups excluding carboxylic acids is 2. The molecule has 2 N–H and O–H groups in total. The number of benzene rings is 1. The van der Waals surface area contributed by atoms with E-state index < -0.39 is 0 Å². The Morgan fingerprint density at radius 2 is 2.07 bits per heavy atom. The number of imidazole rings is 1. The average Bonchev–Trinajstić information content (AvgIpc) is 3.22. The number of carbonyl (C=O) groups is 2. The zero-order valence-corrected chi connectivity index (χ0v) is 17.1. The van der Waals surface area contributed by atoms with Crippen molar-refractivity contribution >= 4 is 11.8 Å². The summed E-state index contributed by atoms with van der Waals surface area (Å²) in [6, 6.07) is 7.39. The van der Waals surface area contributed by atoms with E-state index in [1.807, 2.05) is 24.3 Å². The van der Waals surface area contributed by atoms with Crippen molar-refractivity contribution in [2.45, 2.75) is 19.0 Å². The van der Waals surface area contributed by atoms with Crippen molar-refractivity contribution in [2.75, 3.05) is 46.5 Å². The molecule has 0 bridgehead atoms. The van der Waals surface area contributed by atoms with Crippen LogP contribution in [0.15, 0.2) is 30.5 Å². The molecule has 0 spiro atoms. The van der Waals surface area contributed by atoms with Crippen molar-refractivity contribution in [2.24, 2.45) is 0 Å². The first-order valence-electron chi connectivity index (χ1n) is 10.2. The molecule has 0 aliphatic carbocycles. The lowest BCUT2D eigenvalue weighted by atomic mass is 10.1. The Hall–Kier alpha value is -2.91. The van der Waals surface area contributed by atoms with Gasteiger partial charge in [-0.05, 0) is 30.7 Å². The maximum atomic E-state index is 12.5. The number of hydrogen-bond donors (Lipinski definition) is 2. The van der Waals surface area contributed by atoms with Gasteiger partial charge in [0.15, 0.2) is 5.82 Å². The molecule has 1 saturated heterocycles. The van der Waals surface area contributed by atoms with Gasteiger partial charge in [0.1, 0.15) is 11.4 Å². The topological polar surface area (TPSA) is 97.7 Å². The van der Waals surface area contributed by atoms with Gasteiger partial charge >= 0.3 is 0 Å². The molecule has 30 heavy (non-hydrogen) atoms. The summed E-state index contributed by atoms with van der Waals surface area (Å²) >= 11 is 0. The normalized spacial score (nSPS) is 19.1. The second kappa shape index (κ2) is 9.27. The lowest BCUT2D eigenvalue weighted by Gasteiger charge is -2.26. The Labute approximate surface area is 175 Å². The highest BCUT2D eigenvalue weighted by Gasteiger charge is 2.28. The number of aromatic nitrogens is 2. The summed E-state index contributed by atoms with van der Waals surface area (Å²) in [4.78, 5) is 31.5. The van der Waals surface area contributed by atoms with Crippen LogP contribution < -0.4 is 15.4 Å². The molecule has 2 aromatic rings. The summed E-state index contributed by atoms with van der Waals surface area (Å²) in [5.41, 5.74) is 1.24. The number of ether oxygens (including phenoxy) is 2. The van der Waals surface area contributed by atoms with Crippen molar-refractivity contribution in [3.63, 3.8) is 0 Å². The van der Waals surface area contributed by atoms with E-state index in [0.717, 1.165) is 50.6 Å². The van der Waals surface area contributed by atoms with Crippen LogP contribution in [-0.2, 0) is 11.3 Å². The second-order valence-corrected chi connectivity index (χ2v) is 7.46. The molecule has 0 radical (unpaired) electrons. The summed E-state index contributed by atoms with van der Waals surface area (Å²) in [6.45, 7) is 5.43. The minimum absolute atomic E-state index is 0.186. The van der Waals surface area contributed by atoms with Crippen LogP contribution in [0.3, 0.4) is 0 Å². The van der Waals surface area contributed by atoms with Gasteiger partial charge in [0.25, 0.3) is 11.8 Å². The van der Waals surface area contributed by atoms with Gasteiger partial charge in [-0.25, -0.2) is 4.98 Å². The number of hydrogen-bond acceptors (Lipinski definition) is 6. The summed E-state index contributed by atoms with van der Waals surface area (Å²) in [7, 11) is 1.62. The van der Waals surface area contributed by atoms with Gasteiger partial charge in [0.2, 0.25) is 0 Å². The highest BCUT2D eigenvalue weighted by molar-refractivity contribution is 5.96. The maximum absolute atomic E-state index is 12.5. The van der Waals surface area contributed by atoms with Crippen LogP contribution in [-0.4, -0.2) is 72.8 Å². The standard InChI is InChI=1S/C21H27N5O4/c1-29-16-5-3-15(4-6-16)17-13-26-14-18(23-19(26)21(28)24-17)20(27)22-7-2-8-25-9-11-30-12-10-25/h3-6,14,17H,2,7-13H2,1H3,(H,22,27)(H,24,28)/t17-/m0/s1. The molecule has 3 heterocycles. The highest BCUT2D eigenvalue weighted by Crippen LogP contribution is 2.23. The van der Waals surface area contributed by atoms with Crippen molar-refractivity contribution in [3.05, 3.63) is 47.5 Å². The van der Waals surface area contributed by atoms with Crippen LogP contribution in [0.25, 0.3) is 0 Å². The van der Waals surface area contributed by atoms with Crippen molar-refractivity contribution in [1.82, 2.24) is 25.1 Å². The van der Waals surface area contributed by atoms with Gasteiger partial charge in [0, 0.05) is 32.4 Å². The molecule has 9 nitrogen and oxygen atoms in total. The number of rotatable bonds is 7. The van der Waals surface area contributed by atoms with Gasteiger partial charge < -0.3 is 24.7 Å². The number of amides is 2. The summed E-state index contributed by atoms with van der Waals surface area (Å²) in [6.07, 6.45) is 2.52. The lowest BCUT2D eigenvalue weighted by Crippen LogP contribution is -2.38. The third-order valence-electron chi connectivity index (χ3n) is 5.46. The van der Waals surface area contributed by atoms with Crippen molar-refractivity contribution in [1.29, 1.82) is 0 Å². The van der Waals surface area contributed by atoms with E-state index in [9.17, 15) is 9.59 Å². The van der Waals surface area contributed by atoms with E-state index in [4.69, 9.17) is 9.47 Å². The zero-order chi connectivity index (χ0) is 20.9. The van der Waals surface area contributed by atoms with E-state index in [1.54, 1.807) is 17.9 Å². The molecule has 9 heteroatoms. The van der Waals surface area contributed by atoms with Gasteiger partial charge in [-0.3, -0.25) is 14.5 Å². The Kier molecular flexibility index (Phi) is 6.29. The molecule has 1 fully saturated rings. The average molecular weight is 413 g/mol. The SMILES string of the molecule is COc1ccc([C@@H]2Cn3cc(C(=O)NCCCN4CCOCC4)nc3C(=O)N2)cc1. The molecule has 0 unspecified atom stereocenters. The predicted octanol–water partition coefficient (Wildman–Crippen LogP) is 0.829. The van der Waals surface area contributed by atoms with E-state index >= 15 is 0 Å². The third-order valence-corrected chi connectivity index (χ3v) is 5.46. The third kappa shape index (κ3) is 4.63. The van der Waals surface area contributed by atoms with Crippen LogP contribution >= 0.6 is 0 Å². The minimum atomic E-state index is -0.284. The van der Waals surface area contributed by atoms with Crippen molar-refractivity contribution in [3.8, 4) is 5.75 Å². The Morgan fingerprint density at radius 1 is 1.30 bits per heavy atom. The van der Waals surface area contributed by atoms with Crippen molar-refractivity contribution < 1.29 is 19.1 Å². The minimum Gasteiger partial charge on any atom is -0.497 e. The molecular formula is C21H27N5O4. The summed E-state index contributed by atoms with van der Waals surface area (Å²) in [5.74, 6) is 0.483. The first-order chi connectivity index (χ1) is 14.6. The number of nitrogens with zero attached hydrogens (tertiary/aromatic N) is 3. The first-order valence-corrected chi connectivity index (χ1v) is 10.2. The fourth-order valence-corrected chi connectivity index (χ4v) is 3.76. The largest absolute Gasteiger partial charge is 0.497 e. The molecule has 1 aromatic heterocycles. The predicted molar refractivity (Wildman–Crippen MR) is 110 cm³/mol. The molecule has 2 aliphatic rings. The smallest absolute Gasteiger partial charge is 0.287 e. The number of morpholine rings is 1. The molecule has 4 rings (SSSR count). The van der Waals surface area contributed by atoms with Crippen LogP contribution in [0.2, 0.25) is 0 Å². The molecule has 1 aromatic carbocycles. The molecule has 2 aliphatic heterocycles. The number of nitrogens with one attached hydrogen (secondary N) is 2. The molecular weight excluding hydrogens is 386 g/mol. The van der Waals surface area contributed by atoms with Crippen LogP contribution in [0.4, 0.5) is 0 Å². The monoisotopic (exact) mass is 413 g/mol. The van der Waals surface area contributed by atoms with E-state index in [-0.39, 0.29) is 29.4 Å². The molecule has 0 saturated carbocycles. The summed E-state index contributed by atoms with van der Waals surface area (Å²) < 4.78 is 12.3. The lowest BCUT2D eigenvalue weighted by molar-refractivity contribution is 0.0374. The Balaban J connectivity index is 1.33. The molecule has 2 amide bonds. The van der Waals surface area contributed by atoms with E-state index in [2.05, 4.69) is 20.5 Å². The van der Waals surface area contributed by atoms with Crippen LogP contribution in [0.1, 0.15) is 39.1 Å². The zero-order valence-electron chi connectivity index (χ0n) is 17.1. The van der Waals surface area contributed by atoms with Gasteiger partial charge in [-0.15, -0.1) is 0 Å². The quantitative estimate of drug-likeness (QED) is 0.653. The Bertz CT molecular complexity index is 889. The van der Waals surface area contributed by atoms with E-state index in [1.165, 1.54) is 0 Å². The Morgan fingerprint density at radius 3 is 2.80 bits per heavy atom. The second-order valence-electron chi connectivity index (χ2n) is 7.46. The fourth-order valence-electron chi connectivity index (χ4n) is 3.76. The van der Waals surface area contributed by atoms with Crippen LogP contribution in [0.5, 0.6) is 5.75 Å². The van der Waals surface area contributed by atoms with Gasteiger partial charge in [0.05, 0.1) is 26.4 Å².